The van der Waals surface area contributed by atoms with Gasteiger partial charge in [-0.25, -0.2) is 9.37 Å². The summed E-state index contributed by atoms with van der Waals surface area (Å²) in [6, 6.07) is 6.14. The van der Waals surface area contributed by atoms with Crippen molar-refractivity contribution in [2.75, 3.05) is 11.1 Å². The highest BCUT2D eigenvalue weighted by Gasteiger charge is 2.28. The van der Waals surface area contributed by atoms with E-state index in [1.54, 1.807) is 29.7 Å². The minimum absolute atomic E-state index is 0.147. The fourth-order valence-corrected chi connectivity index (χ4v) is 3.76. The van der Waals surface area contributed by atoms with Crippen molar-refractivity contribution in [1.29, 1.82) is 0 Å². The average Bonchev–Trinajstić information content (AvgIpc) is 2.57. The lowest BCUT2D eigenvalue weighted by Gasteiger charge is -2.26. The Balaban J connectivity index is 1.78. The maximum atomic E-state index is 13.6. The van der Waals surface area contributed by atoms with Crippen LogP contribution in [0.3, 0.4) is 0 Å². The molecule has 0 spiro atoms. The third-order valence-corrected chi connectivity index (χ3v) is 5.51. The van der Waals surface area contributed by atoms with E-state index in [1.807, 2.05) is 20.8 Å². The lowest BCUT2D eigenvalue weighted by atomic mass is 9.92. The molecule has 138 valence electrons. The highest BCUT2D eigenvalue weighted by Crippen LogP contribution is 2.28. The van der Waals surface area contributed by atoms with Crippen LogP contribution in [0.15, 0.2) is 34.2 Å². The van der Waals surface area contributed by atoms with Crippen LogP contribution >= 0.6 is 11.8 Å². The Morgan fingerprint density at radius 2 is 2.08 bits per heavy atom. The second-order valence-corrected chi connectivity index (χ2v) is 8.57. The number of nitrogens with zero attached hydrogens (tertiary/aromatic N) is 2. The van der Waals surface area contributed by atoms with Crippen LogP contribution < -0.4 is 10.9 Å². The van der Waals surface area contributed by atoms with Gasteiger partial charge >= 0.3 is 0 Å². The fourth-order valence-electron chi connectivity index (χ4n) is 2.67. The topological polar surface area (TPSA) is 64.0 Å². The maximum Gasteiger partial charge on any atom is 0.254 e. The summed E-state index contributed by atoms with van der Waals surface area (Å²) in [5, 5.41) is 3.38. The number of benzene rings is 1. The second kappa shape index (κ2) is 6.87. The van der Waals surface area contributed by atoms with Gasteiger partial charge in [-0.15, -0.1) is 0 Å². The summed E-state index contributed by atoms with van der Waals surface area (Å²) >= 11 is 1.40. The van der Waals surface area contributed by atoms with Gasteiger partial charge in [0, 0.05) is 29.5 Å². The number of carbonyl (C=O) groups excluding carboxylic acids is 1. The van der Waals surface area contributed by atoms with Crippen LogP contribution in [0.25, 0.3) is 0 Å². The summed E-state index contributed by atoms with van der Waals surface area (Å²) in [4.78, 5) is 29.6. The molecule has 0 aliphatic carbocycles. The molecule has 1 aromatic heterocycles. The van der Waals surface area contributed by atoms with Crippen molar-refractivity contribution >= 4 is 23.4 Å². The molecule has 2 aromatic rings. The molecule has 0 fully saturated rings. The Kier molecular flexibility index (Phi) is 4.92. The summed E-state index contributed by atoms with van der Waals surface area (Å²) in [7, 11) is 0. The van der Waals surface area contributed by atoms with Crippen molar-refractivity contribution in [3.63, 3.8) is 0 Å². The highest BCUT2D eigenvalue weighted by atomic mass is 32.2. The molecule has 26 heavy (non-hydrogen) atoms. The van der Waals surface area contributed by atoms with Gasteiger partial charge in [0.25, 0.3) is 5.56 Å². The molecular weight excluding hydrogens is 353 g/mol. The van der Waals surface area contributed by atoms with Crippen LogP contribution in [0.4, 0.5) is 10.1 Å². The van der Waals surface area contributed by atoms with Gasteiger partial charge in [-0.05, 0) is 24.6 Å². The molecule has 5 nitrogen and oxygen atoms in total. The van der Waals surface area contributed by atoms with E-state index in [2.05, 4.69) is 10.3 Å². The molecule has 1 amide bonds. The number of fused-ring (bicyclic) bond motifs is 1. The minimum Gasteiger partial charge on any atom is -0.326 e. The Morgan fingerprint density at radius 1 is 1.35 bits per heavy atom. The van der Waals surface area contributed by atoms with Gasteiger partial charge in [0.05, 0.1) is 11.6 Å². The van der Waals surface area contributed by atoms with Crippen molar-refractivity contribution in [2.24, 2.45) is 5.92 Å². The lowest BCUT2D eigenvalue weighted by Crippen LogP contribution is -2.37. The minimum atomic E-state index is -0.378. The molecule has 1 unspecified atom stereocenters. The van der Waals surface area contributed by atoms with Crippen molar-refractivity contribution in [3.05, 3.63) is 51.7 Å². The van der Waals surface area contributed by atoms with E-state index >= 15 is 0 Å². The van der Waals surface area contributed by atoms with Crippen LogP contribution in [0, 0.1) is 18.7 Å². The molecule has 7 heteroatoms. The van der Waals surface area contributed by atoms with Crippen LogP contribution in [0.1, 0.15) is 32.0 Å². The Hall–Kier alpha value is -2.15. The standard InChI is InChI=1S/C19H22FN3O2S/c1-11-5-6-13(7-14(11)20)21-17(25)12-9-23-16(24)8-15(19(2,3)4)22-18(23)26-10-12/h5-8,12H,9-10H2,1-4H3,(H,21,25). The average molecular weight is 375 g/mol. The SMILES string of the molecule is Cc1ccc(NC(=O)C2CSc3nc(C(C)(C)C)cc(=O)n3C2)cc1F. The smallest absolute Gasteiger partial charge is 0.254 e. The van der Waals surface area contributed by atoms with Crippen LogP contribution in [-0.4, -0.2) is 21.2 Å². The summed E-state index contributed by atoms with van der Waals surface area (Å²) in [6.45, 7) is 7.97. The number of hydrogen-bond donors (Lipinski definition) is 1. The van der Waals surface area contributed by atoms with Crippen LogP contribution in [-0.2, 0) is 16.8 Å². The predicted octanol–water partition coefficient (Wildman–Crippen LogP) is 3.35. The van der Waals surface area contributed by atoms with Crippen molar-refractivity contribution in [2.45, 2.75) is 44.8 Å². The van der Waals surface area contributed by atoms with E-state index in [9.17, 15) is 14.0 Å². The molecule has 3 rings (SSSR count). The molecule has 0 saturated heterocycles. The zero-order valence-electron chi connectivity index (χ0n) is 15.3. The normalized spacial score (nSPS) is 16.9. The third kappa shape index (κ3) is 3.82. The number of aryl methyl sites for hydroxylation is 1. The van der Waals surface area contributed by atoms with E-state index in [0.717, 1.165) is 5.69 Å². The second-order valence-electron chi connectivity index (χ2n) is 7.58. The van der Waals surface area contributed by atoms with Gasteiger partial charge in [0.2, 0.25) is 5.91 Å². The zero-order valence-corrected chi connectivity index (χ0v) is 16.1. The molecular formula is C19H22FN3O2S. The molecule has 1 aliphatic heterocycles. The molecule has 0 saturated carbocycles. The van der Waals surface area contributed by atoms with E-state index in [0.29, 0.717) is 22.2 Å². The number of hydrogen-bond acceptors (Lipinski definition) is 4. The quantitative estimate of drug-likeness (QED) is 0.818. The Bertz CT molecular complexity index is 918. The number of aromatic nitrogens is 2. The first kappa shape index (κ1) is 18.6. The summed E-state index contributed by atoms with van der Waals surface area (Å²) in [5.74, 6) is -0.434. The number of anilines is 1. The van der Waals surface area contributed by atoms with Crippen molar-refractivity contribution in [1.82, 2.24) is 9.55 Å². The van der Waals surface area contributed by atoms with Gasteiger partial charge in [-0.3, -0.25) is 14.2 Å². The van der Waals surface area contributed by atoms with Gasteiger partial charge in [-0.2, -0.15) is 0 Å². The van der Waals surface area contributed by atoms with Gasteiger partial charge in [0.1, 0.15) is 5.82 Å². The highest BCUT2D eigenvalue weighted by molar-refractivity contribution is 7.99. The van der Waals surface area contributed by atoms with E-state index < -0.39 is 0 Å². The third-order valence-electron chi connectivity index (χ3n) is 4.37. The largest absolute Gasteiger partial charge is 0.326 e. The Morgan fingerprint density at radius 3 is 2.73 bits per heavy atom. The summed E-state index contributed by atoms with van der Waals surface area (Å²) in [5.41, 5.74) is 1.34. The molecule has 1 aliphatic rings. The summed E-state index contributed by atoms with van der Waals surface area (Å²) in [6.07, 6.45) is 0. The molecule has 2 heterocycles. The van der Waals surface area contributed by atoms with E-state index in [-0.39, 0.29) is 35.2 Å². The molecule has 1 aromatic carbocycles. The van der Waals surface area contributed by atoms with Crippen molar-refractivity contribution < 1.29 is 9.18 Å². The number of carbonyl (C=O) groups is 1. The summed E-state index contributed by atoms with van der Waals surface area (Å²) < 4.78 is 15.2. The molecule has 1 N–H and O–H groups in total. The lowest BCUT2D eigenvalue weighted by molar-refractivity contribution is -0.119. The van der Waals surface area contributed by atoms with Gasteiger partial charge in [0.15, 0.2) is 5.16 Å². The number of thioether (sulfide) groups is 1. The van der Waals surface area contributed by atoms with E-state index in [4.69, 9.17) is 0 Å². The van der Waals surface area contributed by atoms with Crippen LogP contribution in [0.2, 0.25) is 0 Å². The van der Waals surface area contributed by atoms with Gasteiger partial charge < -0.3 is 5.32 Å². The van der Waals surface area contributed by atoms with Crippen LogP contribution in [0.5, 0.6) is 0 Å². The molecule has 1 atom stereocenters. The first-order chi connectivity index (χ1) is 12.1. The number of halogens is 1. The monoisotopic (exact) mass is 375 g/mol. The molecule has 0 radical (unpaired) electrons. The zero-order chi connectivity index (χ0) is 19.1. The Labute approximate surface area is 156 Å². The number of nitrogens with one attached hydrogen (secondary N) is 1. The molecule has 0 bridgehead atoms. The fraction of sp³-hybridized carbons (Fsp3) is 0.421. The van der Waals surface area contributed by atoms with Crippen molar-refractivity contribution in [3.8, 4) is 0 Å². The maximum absolute atomic E-state index is 13.6. The number of rotatable bonds is 2. The first-order valence-corrected chi connectivity index (χ1v) is 9.46. The van der Waals surface area contributed by atoms with Gasteiger partial charge in [-0.1, -0.05) is 38.6 Å². The van der Waals surface area contributed by atoms with E-state index in [1.165, 1.54) is 17.8 Å². The first-order valence-electron chi connectivity index (χ1n) is 8.47. The number of amides is 1. The predicted molar refractivity (Wildman–Crippen MR) is 101 cm³/mol.